The van der Waals surface area contributed by atoms with E-state index in [1.165, 1.54) is 12.1 Å². The van der Waals surface area contributed by atoms with E-state index in [1.807, 2.05) is 7.05 Å². The lowest BCUT2D eigenvalue weighted by Gasteiger charge is -2.32. The molecule has 216 valence electrons. The number of benzene rings is 2. The molecule has 2 aromatic carbocycles. The average molecular weight is 570 g/mol. The molecule has 3 heterocycles. The number of primary amides is 1. The van der Waals surface area contributed by atoms with Crippen LogP contribution in [0.1, 0.15) is 28.0 Å². The van der Waals surface area contributed by atoms with Gasteiger partial charge in [0.25, 0.3) is 5.91 Å². The monoisotopic (exact) mass is 569 g/mol. The van der Waals surface area contributed by atoms with Crippen molar-refractivity contribution in [1.82, 2.24) is 25.1 Å². The minimum Gasteiger partial charge on any atom is -0.457 e. The molecule has 0 aliphatic carbocycles. The standard InChI is InChI=1S/C28H30F3N7O3/c1-37-10-12-38(13-11-37)16-18-14-19(28(29,30)31)4-7-23(18)41-20-5-2-17(3-6-20)26-35-22(25(32)39)15-24(36-26)34-21-8-9-33-27(21)40/h2-7,14-15,21H,8-13,16H2,1H3,(H2,32,39)(H,33,40)(H,34,35,36)/t21-/m0/s1. The number of aromatic nitrogens is 2. The van der Waals surface area contributed by atoms with E-state index in [0.717, 1.165) is 38.3 Å². The van der Waals surface area contributed by atoms with Crippen molar-refractivity contribution >= 4 is 17.6 Å². The van der Waals surface area contributed by atoms with Crippen molar-refractivity contribution in [1.29, 1.82) is 0 Å². The number of halogens is 3. The molecule has 0 radical (unpaired) electrons. The highest BCUT2D eigenvalue weighted by Crippen LogP contribution is 2.35. The van der Waals surface area contributed by atoms with Gasteiger partial charge in [-0.1, -0.05) is 0 Å². The topological polar surface area (TPSA) is 126 Å². The van der Waals surface area contributed by atoms with Crippen LogP contribution in [0.5, 0.6) is 11.5 Å². The van der Waals surface area contributed by atoms with Crippen LogP contribution in [-0.4, -0.2) is 77.4 Å². The van der Waals surface area contributed by atoms with Crippen molar-refractivity contribution in [3.8, 4) is 22.9 Å². The van der Waals surface area contributed by atoms with E-state index < -0.39 is 23.7 Å². The summed E-state index contributed by atoms with van der Waals surface area (Å²) in [7, 11) is 2.01. The van der Waals surface area contributed by atoms with Crippen LogP contribution in [0.4, 0.5) is 19.0 Å². The van der Waals surface area contributed by atoms with E-state index in [1.54, 1.807) is 24.3 Å². The van der Waals surface area contributed by atoms with Gasteiger partial charge in [-0.15, -0.1) is 0 Å². The largest absolute Gasteiger partial charge is 0.457 e. The van der Waals surface area contributed by atoms with Crippen molar-refractivity contribution in [3.05, 3.63) is 65.4 Å². The molecule has 1 aromatic heterocycles. The number of anilines is 1. The molecular weight excluding hydrogens is 539 g/mol. The van der Waals surface area contributed by atoms with Crippen molar-refractivity contribution in [2.75, 3.05) is 45.1 Å². The fourth-order valence-electron chi connectivity index (χ4n) is 4.71. The van der Waals surface area contributed by atoms with Crippen molar-refractivity contribution in [3.63, 3.8) is 0 Å². The van der Waals surface area contributed by atoms with Crippen LogP contribution in [0.15, 0.2) is 48.5 Å². The molecule has 0 spiro atoms. The molecule has 4 N–H and O–H groups in total. The van der Waals surface area contributed by atoms with Crippen LogP contribution < -0.4 is 21.1 Å². The van der Waals surface area contributed by atoms with Crippen LogP contribution in [-0.2, 0) is 17.5 Å². The normalized spacial score (nSPS) is 18.2. The molecule has 2 aliphatic heterocycles. The smallest absolute Gasteiger partial charge is 0.416 e. The van der Waals surface area contributed by atoms with Crippen molar-refractivity contribution < 1.29 is 27.5 Å². The van der Waals surface area contributed by atoms with Gasteiger partial charge >= 0.3 is 6.18 Å². The molecule has 3 aromatic rings. The molecule has 0 bridgehead atoms. The number of hydrogen-bond acceptors (Lipinski definition) is 8. The summed E-state index contributed by atoms with van der Waals surface area (Å²) in [5, 5.41) is 5.74. The predicted molar refractivity (Wildman–Crippen MR) is 145 cm³/mol. The Bertz CT molecular complexity index is 1420. The molecular formula is C28H30F3N7O3. The Balaban J connectivity index is 1.37. The maximum atomic E-state index is 13.5. The number of piperazine rings is 1. The van der Waals surface area contributed by atoms with Gasteiger partial charge in [0, 0.05) is 56.5 Å². The first-order valence-corrected chi connectivity index (χ1v) is 13.2. The Morgan fingerprint density at radius 3 is 2.46 bits per heavy atom. The zero-order valence-electron chi connectivity index (χ0n) is 22.4. The van der Waals surface area contributed by atoms with Crippen LogP contribution >= 0.6 is 0 Å². The Labute approximate surface area is 234 Å². The van der Waals surface area contributed by atoms with Crippen LogP contribution in [0.25, 0.3) is 11.4 Å². The molecule has 2 aliphatic rings. The Morgan fingerprint density at radius 2 is 1.83 bits per heavy atom. The maximum absolute atomic E-state index is 13.5. The molecule has 13 heteroatoms. The Morgan fingerprint density at radius 1 is 1.10 bits per heavy atom. The first-order valence-electron chi connectivity index (χ1n) is 13.2. The van der Waals surface area contributed by atoms with E-state index in [2.05, 4.69) is 30.4 Å². The predicted octanol–water partition coefficient (Wildman–Crippen LogP) is 3.10. The first kappa shape index (κ1) is 28.3. The van der Waals surface area contributed by atoms with Gasteiger partial charge in [-0.3, -0.25) is 14.5 Å². The highest BCUT2D eigenvalue weighted by atomic mass is 19.4. The van der Waals surface area contributed by atoms with Gasteiger partial charge in [0.2, 0.25) is 5.91 Å². The van der Waals surface area contributed by atoms with Crippen molar-refractivity contribution in [2.45, 2.75) is 25.2 Å². The number of amides is 2. The number of nitrogens with zero attached hydrogens (tertiary/aromatic N) is 4. The van der Waals surface area contributed by atoms with E-state index in [-0.39, 0.29) is 23.2 Å². The number of nitrogens with one attached hydrogen (secondary N) is 2. The van der Waals surface area contributed by atoms with Crippen LogP contribution in [0.2, 0.25) is 0 Å². The van der Waals surface area contributed by atoms with Gasteiger partial charge in [-0.05, 0) is 55.9 Å². The van der Waals surface area contributed by atoms with Gasteiger partial charge in [-0.2, -0.15) is 13.2 Å². The summed E-state index contributed by atoms with van der Waals surface area (Å²) in [6.07, 6.45) is -3.90. The minimum atomic E-state index is -4.47. The number of carbonyl (C=O) groups is 2. The maximum Gasteiger partial charge on any atom is 0.416 e. The zero-order valence-corrected chi connectivity index (χ0v) is 22.4. The second-order valence-corrected chi connectivity index (χ2v) is 10.1. The fourth-order valence-corrected chi connectivity index (χ4v) is 4.71. The zero-order chi connectivity index (χ0) is 29.1. The van der Waals surface area contributed by atoms with Gasteiger partial charge in [-0.25, -0.2) is 9.97 Å². The SMILES string of the molecule is CN1CCN(Cc2cc(C(F)(F)F)ccc2Oc2ccc(-c3nc(N[C@H]4CCNC4=O)cc(C(N)=O)n3)cc2)CC1. The highest BCUT2D eigenvalue weighted by Gasteiger charge is 2.31. The van der Waals surface area contributed by atoms with Crippen LogP contribution in [0, 0.1) is 0 Å². The lowest BCUT2D eigenvalue weighted by molar-refractivity contribution is -0.137. The molecule has 41 heavy (non-hydrogen) atoms. The molecule has 5 rings (SSSR count). The number of likely N-dealkylation sites (N-methyl/N-ethyl adjacent to an activating group) is 1. The molecule has 0 saturated carbocycles. The van der Waals surface area contributed by atoms with E-state index in [4.69, 9.17) is 10.5 Å². The average Bonchev–Trinajstić information content (AvgIpc) is 3.34. The third kappa shape index (κ3) is 6.92. The Hall–Kier alpha value is -4.23. The minimum absolute atomic E-state index is 0.0189. The number of alkyl halides is 3. The molecule has 0 unspecified atom stereocenters. The Kier molecular flexibility index (Phi) is 8.08. The third-order valence-electron chi connectivity index (χ3n) is 7.07. The fraction of sp³-hybridized carbons (Fsp3) is 0.357. The van der Waals surface area contributed by atoms with E-state index in [9.17, 15) is 22.8 Å². The van der Waals surface area contributed by atoms with Gasteiger partial charge < -0.3 is 26.0 Å². The first-order chi connectivity index (χ1) is 19.5. The molecule has 1 atom stereocenters. The highest BCUT2D eigenvalue weighted by molar-refractivity contribution is 5.92. The van der Waals surface area contributed by atoms with Gasteiger partial charge in [0.05, 0.1) is 5.56 Å². The van der Waals surface area contributed by atoms with Gasteiger partial charge in [0.1, 0.15) is 29.1 Å². The number of carbonyl (C=O) groups excluding carboxylic acids is 2. The lowest BCUT2D eigenvalue weighted by atomic mass is 10.1. The summed E-state index contributed by atoms with van der Waals surface area (Å²) in [6, 6.07) is 11.0. The summed E-state index contributed by atoms with van der Waals surface area (Å²) < 4.78 is 46.5. The third-order valence-corrected chi connectivity index (χ3v) is 7.07. The summed E-state index contributed by atoms with van der Waals surface area (Å²) in [4.78, 5) is 36.8. The second-order valence-electron chi connectivity index (χ2n) is 10.1. The quantitative estimate of drug-likeness (QED) is 0.378. The number of nitrogens with two attached hydrogens (primary N) is 1. The summed E-state index contributed by atoms with van der Waals surface area (Å²) in [6.45, 7) is 4.02. The second kappa shape index (κ2) is 11.7. The molecule has 2 saturated heterocycles. The van der Waals surface area contributed by atoms with Crippen molar-refractivity contribution in [2.24, 2.45) is 5.73 Å². The van der Waals surface area contributed by atoms with Gasteiger partial charge in [0.15, 0.2) is 5.82 Å². The molecule has 2 amide bonds. The lowest BCUT2D eigenvalue weighted by Crippen LogP contribution is -2.43. The van der Waals surface area contributed by atoms with E-state index in [0.29, 0.717) is 42.1 Å². The number of ether oxygens (including phenoxy) is 1. The summed E-state index contributed by atoms with van der Waals surface area (Å²) in [5.41, 5.74) is 5.71. The molecule has 2 fully saturated rings. The summed E-state index contributed by atoms with van der Waals surface area (Å²) in [5.74, 6) is 0.312. The van der Waals surface area contributed by atoms with Crippen LogP contribution in [0.3, 0.4) is 0 Å². The van der Waals surface area contributed by atoms with E-state index >= 15 is 0 Å². The number of rotatable bonds is 8. The molecule has 10 nitrogen and oxygen atoms in total. The summed E-state index contributed by atoms with van der Waals surface area (Å²) >= 11 is 0. The number of hydrogen-bond donors (Lipinski definition) is 3.